The number of nitrogens with zero attached hydrogens (tertiary/aromatic N) is 5. The van der Waals surface area contributed by atoms with Crippen LogP contribution < -0.4 is 4.90 Å². The maximum absolute atomic E-state index is 13.3. The van der Waals surface area contributed by atoms with Crippen molar-refractivity contribution in [2.24, 2.45) is 0 Å². The zero-order valence-electron chi connectivity index (χ0n) is 14.9. The molecule has 1 aliphatic rings. The molecule has 0 aliphatic carbocycles. The molecule has 0 radical (unpaired) electrons. The molecule has 7 nitrogen and oxygen atoms in total. The smallest absolute Gasteiger partial charge is 0.320 e. The first-order valence-electron chi connectivity index (χ1n) is 8.49. The van der Waals surface area contributed by atoms with Crippen LogP contribution in [0, 0.1) is 5.82 Å². The molecule has 1 aliphatic heterocycles. The summed E-state index contributed by atoms with van der Waals surface area (Å²) in [7, 11) is 1.64. The van der Waals surface area contributed by atoms with Crippen molar-refractivity contribution in [1.29, 1.82) is 0 Å². The first-order chi connectivity index (χ1) is 12.4. The molecule has 0 unspecified atom stereocenters. The van der Waals surface area contributed by atoms with E-state index in [0.717, 1.165) is 5.56 Å². The number of hydrogen-bond acceptors (Lipinski definition) is 4. The molecular weight excluding hydrogens is 337 g/mol. The van der Waals surface area contributed by atoms with Crippen molar-refractivity contribution < 1.29 is 14.0 Å². The highest BCUT2D eigenvalue weighted by atomic mass is 19.1. The molecule has 1 saturated heterocycles. The molecule has 2 amide bonds. The molecule has 0 bridgehead atoms. The number of piperazine rings is 1. The molecule has 0 saturated carbocycles. The van der Waals surface area contributed by atoms with E-state index in [9.17, 15) is 14.0 Å². The van der Waals surface area contributed by atoms with Crippen LogP contribution in [0.3, 0.4) is 0 Å². The quantitative estimate of drug-likeness (QED) is 0.838. The van der Waals surface area contributed by atoms with Crippen molar-refractivity contribution in [3.8, 4) is 0 Å². The van der Waals surface area contributed by atoms with Crippen molar-refractivity contribution >= 4 is 17.6 Å². The number of aromatic nitrogens is 2. The fourth-order valence-corrected chi connectivity index (χ4v) is 2.91. The first-order valence-corrected chi connectivity index (χ1v) is 8.49. The monoisotopic (exact) mass is 359 g/mol. The van der Waals surface area contributed by atoms with E-state index in [1.165, 1.54) is 34.8 Å². The Morgan fingerprint density at radius 2 is 1.96 bits per heavy atom. The number of amides is 2. The summed E-state index contributed by atoms with van der Waals surface area (Å²) < 4.78 is 14.5. The van der Waals surface area contributed by atoms with Crippen LogP contribution in [0.4, 0.5) is 14.9 Å². The van der Waals surface area contributed by atoms with Crippen LogP contribution in [0.5, 0.6) is 0 Å². The second-order valence-corrected chi connectivity index (χ2v) is 6.40. The Bertz CT molecular complexity index is 798. The summed E-state index contributed by atoms with van der Waals surface area (Å²) in [5.41, 5.74) is 1.50. The van der Waals surface area contributed by atoms with Crippen molar-refractivity contribution in [3.05, 3.63) is 48.0 Å². The molecule has 1 aromatic heterocycles. The third-order valence-corrected chi connectivity index (χ3v) is 4.56. The van der Waals surface area contributed by atoms with Crippen LogP contribution in [0.1, 0.15) is 12.5 Å². The van der Waals surface area contributed by atoms with E-state index in [1.807, 2.05) is 6.07 Å². The fraction of sp³-hybridized carbons (Fsp3) is 0.389. The first kappa shape index (κ1) is 18.1. The summed E-state index contributed by atoms with van der Waals surface area (Å²) in [6.07, 6.45) is 3.06. The van der Waals surface area contributed by atoms with Gasteiger partial charge in [0.05, 0.1) is 18.1 Å². The van der Waals surface area contributed by atoms with Crippen LogP contribution in [-0.2, 0) is 11.3 Å². The highest BCUT2D eigenvalue weighted by molar-refractivity contribution is 5.91. The number of carbonyl (C=O) groups excluding carboxylic acids is 2. The topological polar surface area (TPSA) is 61.7 Å². The maximum atomic E-state index is 13.3. The summed E-state index contributed by atoms with van der Waals surface area (Å²) in [5, 5.41) is 4.07. The zero-order chi connectivity index (χ0) is 18.7. The lowest BCUT2D eigenvalue weighted by molar-refractivity contribution is -0.116. The molecule has 1 fully saturated rings. The van der Waals surface area contributed by atoms with E-state index in [1.54, 1.807) is 24.2 Å². The number of rotatable bonds is 3. The van der Waals surface area contributed by atoms with Gasteiger partial charge in [0, 0.05) is 46.7 Å². The molecule has 1 aromatic carbocycles. The average Bonchev–Trinajstić information content (AvgIpc) is 3.11. The van der Waals surface area contributed by atoms with Crippen LogP contribution in [0.25, 0.3) is 0 Å². The van der Waals surface area contributed by atoms with Crippen LogP contribution in [0.2, 0.25) is 0 Å². The van der Waals surface area contributed by atoms with E-state index in [-0.39, 0.29) is 17.8 Å². The predicted octanol–water partition coefficient (Wildman–Crippen LogP) is 1.79. The lowest BCUT2D eigenvalue weighted by Gasteiger charge is -2.34. The maximum Gasteiger partial charge on any atom is 0.344 e. The third-order valence-electron chi connectivity index (χ3n) is 4.56. The van der Waals surface area contributed by atoms with Gasteiger partial charge >= 0.3 is 6.03 Å². The van der Waals surface area contributed by atoms with Gasteiger partial charge < -0.3 is 9.80 Å². The molecule has 0 N–H and O–H groups in total. The molecule has 8 heteroatoms. The Labute approximate surface area is 151 Å². The van der Waals surface area contributed by atoms with Gasteiger partial charge in [0.1, 0.15) is 5.82 Å². The van der Waals surface area contributed by atoms with E-state index in [0.29, 0.717) is 38.4 Å². The van der Waals surface area contributed by atoms with E-state index >= 15 is 0 Å². The number of anilines is 1. The highest BCUT2D eigenvalue weighted by Gasteiger charge is 2.23. The van der Waals surface area contributed by atoms with E-state index in [4.69, 9.17) is 0 Å². The number of hydrogen-bond donors (Lipinski definition) is 0. The second-order valence-electron chi connectivity index (χ2n) is 6.40. The number of carbonyl (C=O) groups is 2. The SMILES string of the molecule is CC(=O)N(C)c1cnn(C(=O)N2CCN(Cc3cccc(F)c3)CC2)c1. The van der Waals surface area contributed by atoms with Gasteiger partial charge in [0.25, 0.3) is 0 Å². The summed E-state index contributed by atoms with van der Waals surface area (Å²) in [6, 6.07) is 6.37. The van der Waals surface area contributed by atoms with Gasteiger partial charge in [0.15, 0.2) is 0 Å². The largest absolute Gasteiger partial charge is 0.344 e. The summed E-state index contributed by atoms with van der Waals surface area (Å²) in [4.78, 5) is 29.3. The minimum atomic E-state index is -0.235. The Balaban J connectivity index is 1.56. The van der Waals surface area contributed by atoms with Crippen LogP contribution in [0.15, 0.2) is 36.7 Å². The van der Waals surface area contributed by atoms with Crippen molar-refractivity contribution in [3.63, 3.8) is 0 Å². The predicted molar refractivity (Wildman–Crippen MR) is 95.4 cm³/mol. The molecule has 0 atom stereocenters. The molecule has 0 spiro atoms. The normalized spacial score (nSPS) is 15.1. The Morgan fingerprint density at radius 1 is 1.23 bits per heavy atom. The van der Waals surface area contributed by atoms with Gasteiger partial charge in [-0.1, -0.05) is 12.1 Å². The molecule has 3 rings (SSSR count). The molecule has 138 valence electrons. The van der Waals surface area contributed by atoms with Crippen LogP contribution in [-0.4, -0.2) is 64.7 Å². The lowest BCUT2D eigenvalue weighted by Crippen LogP contribution is -2.49. The lowest BCUT2D eigenvalue weighted by atomic mass is 10.2. The van der Waals surface area contributed by atoms with Gasteiger partial charge in [0.2, 0.25) is 5.91 Å². The van der Waals surface area contributed by atoms with Gasteiger partial charge in [-0.3, -0.25) is 9.69 Å². The second kappa shape index (κ2) is 7.65. The molecule has 26 heavy (non-hydrogen) atoms. The zero-order valence-corrected chi connectivity index (χ0v) is 14.9. The average molecular weight is 359 g/mol. The Hall–Kier alpha value is -2.74. The minimum absolute atomic E-state index is 0.122. The van der Waals surface area contributed by atoms with E-state index in [2.05, 4.69) is 10.00 Å². The minimum Gasteiger partial charge on any atom is -0.320 e. The summed E-state index contributed by atoms with van der Waals surface area (Å²) in [5.74, 6) is -0.357. The third kappa shape index (κ3) is 4.08. The fourth-order valence-electron chi connectivity index (χ4n) is 2.91. The molecule has 2 aromatic rings. The standard InChI is InChI=1S/C18H22FN5O2/c1-14(25)21(2)17-11-20-24(13-17)18(26)23-8-6-22(7-9-23)12-15-4-3-5-16(19)10-15/h3-5,10-11,13H,6-9,12H2,1-2H3. The molecular formula is C18H22FN5O2. The number of benzene rings is 1. The van der Waals surface area contributed by atoms with Crippen molar-refractivity contribution in [2.45, 2.75) is 13.5 Å². The van der Waals surface area contributed by atoms with Gasteiger partial charge in [-0.05, 0) is 17.7 Å². The van der Waals surface area contributed by atoms with Gasteiger partial charge in [-0.15, -0.1) is 0 Å². The van der Waals surface area contributed by atoms with Crippen molar-refractivity contribution in [1.82, 2.24) is 19.6 Å². The summed E-state index contributed by atoms with van der Waals surface area (Å²) in [6.45, 7) is 4.69. The summed E-state index contributed by atoms with van der Waals surface area (Å²) >= 11 is 0. The van der Waals surface area contributed by atoms with Crippen molar-refractivity contribution in [2.75, 3.05) is 38.1 Å². The van der Waals surface area contributed by atoms with Gasteiger partial charge in [-0.25, -0.2) is 9.18 Å². The van der Waals surface area contributed by atoms with Crippen LogP contribution >= 0.6 is 0 Å². The number of halogens is 1. The highest BCUT2D eigenvalue weighted by Crippen LogP contribution is 2.14. The van der Waals surface area contributed by atoms with Gasteiger partial charge in [-0.2, -0.15) is 9.78 Å². The Morgan fingerprint density at radius 3 is 2.62 bits per heavy atom. The molecule has 2 heterocycles. The van der Waals surface area contributed by atoms with E-state index < -0.39 is 0 Å². The Kier molecular flexibility index (Phi) is 5.32.